The van der Waals surface area contributed by atoms with Gasteiger partial charge in [-0.1, -0.05) is 20.8 Å². The molecule has 0 unspecified atom stereocenters. The Balaban J connectivity index is 2.00. The second kappa shape index (κ2) is 2.98. The standard InChI is InChI=1S/C12H22O/c1-10-4-6-12(7-5-10)8-11(2,3)9-13-12/h10H,4-9H2,1-3H3/t10-,12-. The van der Waals surface area contributed by atoms with Gasteiger partial charge >= 0.3 is 0 Å². The summed E-state index contributed by atoms with van der Waals surface area (Å²) in [7, 11) is 0. The molecule has 1 heterocycles. The fraction of sp³-hybridized carbons (Fsp3) is 1.00. The molecule has 0 aromatic carbocycles. The number of hydrogen-bond acceptors (Lipinski definition) is 1. The van der Waals surface area contributed by atoms with Gasteiger partial charge in [-0.2, -0.15) is 0 Å². The second-order valence-corrected chi connectivity index (χ2v) is 6.00. The van der Waals surface area contributed by atoms with Gasteiger partial charge in [0.15, 0.2) is 0 Å². The monoisotopic (exact) mass is 182 g/mol. The van der Waals surface area contributed by atoms with Crippen LogP contribution in [0.3, 0.4) is 0 Å². The summed E-state index contributed by atoms with van der Waals surface area (Å²) < 4.78 is 6.04. The highest BCUT2D eigenvalue weighted by atomic mass is 16.5. The molecule has 0 atom stereocenters. The lowest BCUT2D eigenvalue weighted by atomic mass is 9.74. The molecule has 0 N–H and O–H groups in total. The lowest BCUT2D eigenvalue weighted by molar-refractivity contribution is -0.0340. The minimum absolute atomic E-state index is 0.288. The van der Waals surface area contributed by atoms with Crippen LogP contribution in [0.4, 0.5) is 0 Å². The average Bonchev–Trinajstić information content (AvgIpc) is 2.35. The molecule has 1 spiro atoms. The molecule has 1 saturated heterocycles. The van der Waals surface area contributed by atoms with Crippen molar-refractivity contribution < 1.29 is 4.74 Å². The minimum Gasteiger partial charge on any atom is -0.374 e. The zero-order valence-corrected chi connectivity index (χ0v) is 9.23. The Labute approximate surface area is 81.9 Å². The van der Waals surface area contributed by atoms with Crippen LogP contribution in [0, 0.1) is 11.3 Å². The lowest BCUT2D eigenvalue weighted by Crippen LogP contribution is -2.33. The van der Waals surface area contributed by atoms with Gasteiger partial charge in [0.1, 0.15) is 0 Å². The van der Waals surface area contributed by atoms with Crippen molar-refractivity contribution in [3.05, 3.63) is 0 Å². The van der Waals surface area contributed by atoms with Gasteiger partial charge < -0.3 is 4.74 Å². The maximum Gasteiger partial charge on any atom is 0.0689 e. The van der Waals surface area contributed by atoms with Crippen LogP contribution in [0.5, 0.6) is 0 Å². The Morgan fingerprint density at radius 2 is 1.77 bits per heavy atom. The first-order valence-electron chi connectivity index (χ1n) is 5.65. The molecule has 1 heteroatoms. The van der Waals surface area contributed by atoms with E-state index in [1.54, 1.807) is 0 Å². The quantitative estimate of drug-likeness (QED) is 0.558. The van der Waals surface area contributed by atoms with Crippen molar-refractivity contribution in [1.82, 2.24) is 0 Å². The predicted octanol–water partition coefficient (Wildman–Crippen LogP) is 3.38. The van der Waals surface area contributed by atoms with Gasteiger partial charge in [0.25, 0.3) is 0 Å². The molecule has 0 aromatic rings. The van der Waals surface area contributed by atoms with Gasteiger partial charge in [0.2, 0.25) is 0 Å². The molecular weight excluding hydrogens is 160 g/mol. The molecule has 1 aliphatic carbocycles. The molecule has 1 nitrogen and oxygen atoms in total. The fourth-order valence-electron chi connectivity index (χ4n) is 2.93. The highest BCUT2D eigenvalue weighted by Gasteiger charge is 2.45. The lowest BCUT2D eigenvalue weighted by Gasteiger charge is -2.35. The van der Waals surface area contributed by atoms with Crippen molar-refractivity contribution in [3.8, 4) is 0 Å². The third-order valence-corrected chi connectivity index (χ3v) is 3.76. The first kappa shape index (κ1) is 9.51. The van der Waals surface area contributed by atoms with Crippen LogP contribution < -0.4 is 0 Å². The van der Waals surface area contributed by atoms with E-state index in [9.17, 15) is 0 Å². The molecular formula is C12H22O. The number of ether oxygens (including phenoxy) is 1. The summed E-state index contributed by atoms with van der Waals surface area (Å²) in [4.78, 5) is 0. The zero-order chi connectivity index (χ0) is 9.53. The smallest absolute Gasteiger partial charge is 0.0689 e. The van der Waals surface area contributed by atoms with E-state index >= 15 is 0 Å². The van der Waals surface area contributed by atoms with Crippen molar-refractivity contribution in [2.75, 3.05) is 6.61 Å². The Kier molecular flexibility index (Phi) is 2.18. The first-order valence-corrected chi connectivity index (χ1v) is 5.65. The summed E-state index contributed by atoms with van der Waals surface area (Å²) in [6, 6.07) is 0. The van der Waals surface area contributed by atoms with Gasteiger partial charge in [-0.3, -0.25) is 0 Å². The van der Waals surface area contributed by atoms with Crippen molar-refractivity contribution in [1.29, 1.82) is 0 Å². The summed E-state index contributed by atoms with van der Waals surface area (Å²) in [6.45, 7) is 8.01. The zero-order valence-electron chi connectivity index (χ0n) is 9.23. The number of rotatable bonds is 0. The van der Waals surface area contributed by atoms with Crippen molar-refractivity contribution >= 4 is 0 Å². The summed E-state index contributed by atoms with van der Waals surface area (Å²) >= 11 is 0. The molecule has 1 saturated carbocycles. The van der Waals surface area contributed by atoms with Gasteiger partial charge in [-0.25, -0.2) is 0 Å². The van der Waals surface area contributed by atoms with Gasteiger partial charge in [-0.05, 0) is 43.4 Å². The van der Waals surface area contributed by atoms with Crippen LogP contribution in [0.25, 0.3) is 0 Å². The van der Waals surface area contributed by atoms with Gasteiger partial charge in [0, 0.05) is 0 Å². The predicted molar refractivity (Wildman–Crippen MR) is 54.7 cm³/mol. The normalized spacial score (nSPS) is 44.1. The van der Waals surface area contributed by atoms with E-state index < -0.39 is 0 Å². The second-order valence-electron chi connectivity index (χ2n) is 6.00. The Hall–Kier alpha value is -0.0400. The molecule has 2 fully saturated rings. The molecule has 0 amide bonds. The van der Waals surface area contributed by atoms with Crippen LogP contribution in [-0.2, 0) is 4.74 Å². The first-order chi connectivity index (χ1) is 6.02. The maximum absolute atomic E-state index is 6.04. The molecule has 0 aromatic heterocycles. The van der Waals surface area contributed by atoms with Crippen LogP contribution >= 0.6 is 0 Å². The maximum atomic E-state index is 6.04. The van der Waals surface area contributed by atoms with E-state index in [0.29, 0.717) is 5.41 Å². The van der Waals surface area contributed by atoms with E-state index in [1.165, 1.54) is 32.1 Å². The summed E-state index contributed by atoms with van der Waals surface area (Å²) in [5, 5.41) is 0. The van der Waals surface area contributed by atoms with E-state index in [2.05, 4.69) is 20.8 Å². The van der Waals surface area contributed by atoms with Crippen LogP contribution in [0.15, 0.2) is 0 Å². The van der Waals surface area contributed by atoms with E-state index in [-0.39, 0.29) is 5.60 Å². The highest BCUT2D eigenvalue weighted by molar-refractivity contribution is 4.95. The minimum atomic E-state index is 0.288. The summed E-state index contributed by atoms with van der Waals surface area (Å²) in [5.41, 5.74) is 0.719. The molecule has 2 aliphatic rings. The van der Waals surface area contributed by atoms with Gasteiger partial charge in [-0.15, -0.1) is 0 Å². The Morgan fingerprint density at radius 3 is 2.23 bits per heavy atom. The summed E-state index contributed by atoms with van der Waals surface area (Å²) in [5.74, 6) is 0.929. The average molecular weight is 182 g/mol. The van der Waals surface area contributed by atoms with Crippen molar-refractivity contribution in [3.63, 3.8) is 0 Å². The van der Waals surface area contributed by atoms with Crippen LogP contribution in [0.1, 0.15) is 52.9 Å². The molecule has 1 aliphatic heterocycles. The Bertz CT molecular complexity index is 187. The van der Waals surface area contributed by atoms with Gasteiger partial charge in [0.05, 0.1) is 12.2 Å². The van der Waals surface area contributed by atoms with Crippen LogP contribution in [0.2, 0.25) is 0 Å². The SMILES string of the molecule is CC1(C)CO[C@]2(CC[C@H](C)CC2)C1. The largest absolute Gasteiger partial charge is 0.374 e. The third-order valence-electron chi connectivity index (χ3n) is 3.76. The van der Waals surface area contributed by atoms with E-state index in [0.717, 1.165) is 12.5 Å². The molecule has 13 heavy (non-hydrogen) atoms. The fourth-order valence-corrected chi connectivity index (χ4v) is 2.93. The number of hydrogen-bond donors (Lipinski definition) is 0. The molecule has 2 rings (SSSR count). The van der Waals surface area contributed by atoms with Crippen LogP contribution in [-0.4, -0.2) is 12.2 Å². The topological polar surface area (TPSA) is 9.23 Å². The molecule has 0 bridgehead atoms. The van der Waals surface area contributed by atoms with E-state index in [1.807, 2.05) is 0 Å². The van der Waals surface area contributed by atoms with Crippen molar-refractivity contribution in [2.45, 2.75) is 58.5 Å². The highest BCUT2D eigenvalue weighted by Crippen LogP contribution is 2.47. The Morgan fingerprint density at radius 1 is 1.15 bits per heavy atom. The molecule has 76 valence electrons. The van der Waals surface area contributed by atoms with Crippen molar-refractivity contribution in [2.24, 2.45) is 11.3 Å². The van der Waals surface area contributed by atoms with E-state index in [4.69, 9.17) is 4.74 Å². The summed E-state index contributed by atoms with van der Waals surface area (Å²) in [6.07, 6.45) is 6.63. The third kappa shape index (κ3) is 1.90. The molecule has 0 radical (unpaired) electrons.